The molecule has 3 aromatic rings. The van der Waals surface area contributed by atoms with Crippen LogP contribution < -0.4 is 4.31 Å². The van der Waals surface area contributed by atoms with Crippen molar-refractivity contribution in [1.82, 2.24) is 4.90 Å². The van der Waals surface area contributed by atoms with Crippen LogP contribution in [0, 0.1) is 13.8 Å². The molecule has 6 heteroatoms. The fourth-order valence-electron chi connectivity index (χ4n) is 3.59. The summed E-state index contributed by atoms with van der Waals surface area (Å²) in [5.41, 5.74) is 4.42. The molecule has 5 nitrogen and oxygen atoms in total. The molecule has 0 spiro atoms. The average Bonchev–Trinajstić information content (AvgIpc) is 2.77. The third kappa shape index (κ3) is 4.64. The highest BCUT2D eigenvalue weighted by Gasteiger charge is 2.23. The normalized spacial score (nSPS) is 12.3. The number of para-hydroxylation sites is 1. The minimum Gasteiger partial charge on any atom is -0.335 e. The topological polar surface area (TPSA) is 57.7 Å². The molecule has 0 heterocycles. The largest absolute Gasteiger partial charge is 0.335 e. The molecule has 31 heavy (non-hydrogen) atoms. The molecule has 0 aromatic heterocycles. The second-order valence-electron chi connectivity index (χ2n) is 7.78. The number of hydrogen-bond donors (Lipinski definition) is 0. The number of nitrogens with zero attached hydrogens (tertiary/aromatic N) is 2. The highest BCUT2D eigenvalue weighted by Crippen LogP contribution is 2.26. The second-order valence-corrected chi connectivity index (χ2v) is 9.75. The van der Waals surface area contributed by atoms with Gasteiger partial charge in [0, 0.05) is 19.7 Å². The fraction of sp³-hybridized carbons (Fsp3) is 0.240. The Balaban J connectivity index is 1.81. The van der Waals surface area contributed by atoms with E-state index in [1.807, 2.05) is 39.0 Å². The molecule has 0 bridgehead atoms. The number of carbonyl (C=O) groups excluding carboxylic acids is 1. The van der Waals surface area contributed by atoms with Crippen molar-refractivity contribution in [2.45, 2.75) is 31.7 Å². The Morgan fingerprint density at radius 1 is 0.871 bits per heavy atom. The van der Waals surface area contributed by atoms with E-state index in [9.17, 15) is 13.2 Å². The second kappa shape index (κ2) is 8.94. The first-order valence-electron chi connectivity index (χ1n) is 10.1. The summed E-state index contributed by atoms with van der Waals surface area (Å²) in [4.78, 5) is 14.8. The monoisotopic (exact) mass is 436 g/mol. The summed E-state index contributed by atoms with van der Waals surface area (Å²) in [6.45, 7) is 6.07. The number of amides is 1. The van der Waals surface area contributed by atoms with Gasteiger partial charge in [0.1, 0.15) is 0 Å². The van der Waals surface area contributed by atoms with Crippen molar-refractivity contribution in [3.63, 3.8) is 0 Å². The Kier molecular flexibility index (Phi) is 6.51. The maximum absolute atomic E-state index is 13.0. The lowest BCUT2D eigenvalue weighted by atomic mass is 9.99. The molecule has 0 aliphatic rings. The van der Waals surface area contributed by atoms with Crippen LogP contribution in [0.4, 0.5) is 5.69 Å². The Morgan fingerprint density at radius 2 is 1.48 bits per heavy atom. The molecule has 3 rings (SSSR count). The van der Waals surface area contributed by atoms with Crippen LogP contribution >= 0.6 is 0 Å². The molecule has 0 saturated heterocycles. The molecular weight excluding hydrogens is 408 g/mol. The minimum atomic E-state index is -3.72. The quantitative estimate of drug-likeness (QED) is 0.549. The zero-order chi connectivity index (χ0) is 22.8. The predicted octanol–water partition coefficient (Wildman–Crippen LogP) is 4.96. The van der Waals surface area contributed by atoms with Gasteiger partial charge in [-0.05, 0) is 68.3 Å². The number of sulfonamides is 1. The third-order valence-corrected chi connectivity index (χ3v) is 7.46. The van der Waals surface area contributed by atoms with E-state index in [1.165, 1.54) is 29.0 Å². The summed E-state index contributed by atoms with van der Waals surface area (Å²) >= 11 is 0. The molecule has 3 aromatic carbocycles. The van der Waals surface area contributed by atoms with E-state index in [-0.39, 0.29) is 16.8 Å². The Morgan fingerprint density at radius 3 is 2.06 bits per heavy atom. The predicted molar refractivity (Wildman–Crippen MR) is 125 cm³/mol. The number of carbonyl (C=O) groups is 1. The van der Waals surface area contributed by atoms with Crippen molar-refractivity contribution in [2.24, 2.45) is 0 Å². The summed E-state index contributed by atoms with van der Waals surface area (Å²) < 4.78 is 27.1. The molecule has 0 radical (unpaired) electrons. The number of rotatable bonds is 6. The zero-order valence-electron chi connectivity index (χ0n) is 18.5. The first kappa shape index (κ1) is 22.6. The van der Waals surface area contributed by atoms with Gasteiger partial charge in [-0.15, -0.1) is 0 Å². The minimum absolute atomic E-state index is 0.110. The van der Waals surface area contributed by atoms with E-state index in [0.29, 0.717) is 11.3 Å². The summed E-state index contributed by atoms with van der Waals surface area (Å²) in [7, 11) is -0.434. The van der Waals surface area contributed by atoms with Crippen LogP contribution in [0.3, 0.4) is 0 Å². The van der Waals surface area contributed by atoms with Crippen LogP contribution in [0.15, 0.2) is 77.7 Å². The number of hydrogen-bond acceptors (Lipinski definition) is 3. The molecule has 1 amide bonds. The van der Waals surface area contributed by atoms with Crippen LogP contribution in [0.1, 0.15) is 40.0 Å². The maximum Gasteiger partial charge on any atom is 0.264 e. The van der Waals surface area contributed by atoms with Crippen molar-refractivity contribution in [2.75, 3.05) is 18.4 Å². The zero-order valence-corrected chi connectivity index (χ0v) is 19.3. The van der Waals surface area contributed by atoms with E-state index in [0.717, 1.165) is 11.1 Å². The highest BCUT2D eigenvalue weighted by atomic mass is 32.2. The fourth-order valence-corrected chi connectivity index (χ4v) is 4.78. The van der Waals surface area contributed by atoms with Crippen LogP contribution in [-0.2, 0) is 10.0 Å². The van der Waals surface area contributed by atoms with Gasteiger partial charge in [0.05, 0.1) is 16.6 Å². The Bertz CT molecular complexity index is 1170. The van der Waals surface area contributed by atoms with E-state index in [2.05, 4.69) is 6.07 Å². The van der Waals surface area contributed by atoms with Crippen LogP contribution in [0.25, 0.3) is 0 Å². The van der Waals surface area contributed by atoms with E-state index < -0.39 is 10.0 Å². The van der Waals surface area contributed by atoms with Gasteiger partial charge in [0.15, 0.2) is 0 Å². The van der Waals surface area contributed by atoms with Crippen molar-refractivity contribution in [3.05, 3.63) is 95.1 Å². The van der Waals surface area contributed by atoms with Gasteiger partial charge in [0.2, 0.25) is 0 Å². The lowest BCUT2D eigenvalue weighted by Crippen LogP contribution is -2.30. The average molecular weight is 437 g/mol. The number of benzene rings is 3. The third-order valence-electron chi connectivity index (χ3n) is 5.66. The maximum atomic E-state index is 13.0. The smallest absolute Gasteiger partial charge is 0.264 e. The summed E-state index contributed by atoms with van der Waals surface area (Å²) in [6, 6.07) is 21.1. The number of aryl methyl sites for hydroxylation is 2. The molecule has 0 fully saturated rings. The molecule has 0 aliphatic carbocycles. The van der Waals surface area contributed by atoms with Crippen molar-refractivity contribution in [3.8, 4) is 0 Å². The van der Waals surface area contributed by atoms with Crippen LogP contribution in [-0.4, -0.2) is 33.3 Å². The summed E-state index contributed by atoms with van der Waals surface area (Å²) in [5.74, 6) is -0.159. The van der Waals surface area contributed by atoms with Crippen molar-refractivity contribution >= 4 is 21.6 Å². The van der Waals surface area contributed by atoms with Gasteiger partial charge < -0.3 is 4.90 Å². The van der Waals surface area contributed by atoms with Crippen molar-refractivity contribution in [1.29, 1.82) is 0 Å². The Hall–Kier alpha value is -3.12. The number of anilines is 1. The van der Waals surface area contributed by atoms with E-state index >= 15 is 0 Å². The van der Waals surface area contributed by atoms with Gasteiger partial charge in [-0.25, -0.2) is 8.42 Å². The molecule has 162 valence electrons. The highest BCUT2D eigenvalue weighted by molar-refractivity contribution is 7.92. The molecule has 0 aliphatic heterocycles. The first-order chi connectivity index (χ1) is 14.6. The van der Waals surface area contributed by atoms with Crippen LogP contribution in [0.5, 0.6) is 0 Å². The van der Waals surface area contributed by atoms with Crippen LogP contribution in [0.2, 0.25) is 0 Å². The van der Waals surface area contributed by atoms with Gasteiger partial charge in [-0.3, -0.25) is 9.10 Å². The lowest BCUT2D eigenvalue weighted by Gasteiger charge is -2.27. The summed E-state index contributed by atoms with van der Waals surface area (Å²) in [5, 5.41) is 0. The molecule has 1 unspecified atom stereocenters. The van der Waals surface area contributed by atoms with Gasteiger partial charge in [-0.1, -0.05) is 42.0 Å². The standard InChI is InChI=1S/C25H28N2O3S/c1-18-11-16-24(19(2)17-18)20(3)26(4)25(28)21-12-14-23(15-13-21)31(29,30)27(5)22-9-7-6-8-10-22/h6-17,20H,1-5H3. The van der Waals surface area contributed by atoms with Gasteiger partial charge in [0.25, 0.3) is 15.9 Å². The SMILES string of the molecule is Cc1ccc(C(C)N(C)C(=O)c2ccc(S(=O)(=O)N(C)c3ccccc3)cc2)c(C)c1. The first-order valence-corrected chi connectivity index (χ1v) is 11.6. The molecular formula is C25H28N2O3S. The molecule has 0 saturated carbocycles. The molecule has 0 N–H and O–H groups in total. The molecule has 1 atom stereocenters. The Labute approximate surface area is 185 Å². The lowest BCUT2D eigenvalue weighted by molar-refractivity contribution is 0.0742. The van der Waals surface area contributed by atoms with Gasteiger partial charge in [-0.2, -0.15) is 0 Å². The van der Waals surface area contributed by atoms with E-state index in [4.69, 9.17) is 0 Å². The van der Waals surface area contributed by atoms with E-state index in [1.54, 1.807) is 48.3 Å². The van der Waals surface area contributed by atoms with Gasteiger partial charge >= 0.3 is 0 Å². The summed E-state index contributed by atoms with van der Waals surface area (Å²) in [6.07, 6.45) is 0. The van der Waals surface area contributed by atoms with Crippen molar-refractivity contribution < 1.29 is 13.2 Å².